The Morgan fingerprint density at radius 1 is 1.10 bits per heavy atom. The highest BCUT2D eigenvalue weighted by Gasteiger charge is 2.27. The third kappa shape index (κ3) is 2.87. The molecule has 0 aliphatic carbocycles. The third-order valence-electron chi connectivity index (χ3n) is 3.57. The number of Topliss-reactive ketones (excluding diaryl/α,β-unsaturated/α-hetero) is 1. The molecule has 1 aliphatic heterocycles. The summed E-state index contributed by atoms with van der Waals surface area (Å²) in [4.78, 5) is 38.2. The molecule has 106 valence electrons. The molecule has 1 aromatic rings. The smallest absolute Gasteiger partial charge is 0.295 e. The van der Waals surface area contributed by atoms with Gasteiger partial charge in [-0.25, -0.2) is 0 Å². The van der Waals surface area contributed by atoms with E-state index in [1.54, 1.807) is 11.0 Å². The fourth-order valence-electron chi connectivity index (χ4n) is 2.36. The van der Waals surface area contributed by atoms with Crippen LogP contribution in [-0.4, -0.2) is 54.1 Å². The monoisotopic (exact) mass is 274 g/mol. The maximum absolute atomic E-state index is 12.3. The van der Waals surface area contributed by atoms with Gasteiger partial charge in [-0.2, -0.15) is 0 Å². The fraction of sp³-hybridized carbons (Fsp3) is 0.400. The third-order valence-corrected chi connectivity index (χ3v) is 3.57. The van der Waals surface area contributed by atoms with Gasteiger partial charge in [-0.05, 0) is 19.4 Å². The maximum Gasteiger partial charge on any atom is 0.295 e. The van der Waals surface area contributed by atoms with Crippen molar-refractivity contribution in [2.45, 2.75) is 13.8 Å². The van der Waals surface area contributed by atoms with Crippen LogP contribution in [0.4, 0.5) is 0 Å². The van der Waals surface area contributed by atoms with Crippen LogP contribution in [0.25, 0.3) is 0 Å². The molecule has 1 heterocycles. The van der Waals surface area contributed by atoms with Crippen LogP contribution in [0.5, 0.6) is 0 Å². The second kappa shape index (κ2) is 5.86. The first kappa shape index (κ1) is 14.2. The molecule has 5 nitrogen and oxygen atoms in total. The number of nitrogens with zero attached hydrogens (tertiary/aromatic N) is 2. The zero-order valence-electron chi connectivity index (χ0n) is 11.8. The van der Waals surface area contributed by atoms with Gasteiger partial charge in [-0.1, -0.05) is 23.8 Å². The molecule has 0 atom stereocenters. The van der Waals surface area contributed by atoms with Gasteiger partial charge in [0.1, 0.15) is 0 Å². The molecule has 0 spiro atoms. The summed E-state index contributed by atoms with van der Waals surface area (Å²) in [5.74, 6) is -0.954. The van der Waals surface area contributed by atoms with Crippen molar-refractivity contribution in [1.82, 2.24) is 9.80 Å². The van der Waals surface area contributed by atoms with Gasteiger partial charge in [0, 0.05) is 31.7 Å². The summed E-state index contributed by atoms with van der Waals surface area (Å²) >= 11 is 0. The van der Waals surface area contributed by atoms with Crippen molar-refractivity contribution in [3.8, 4) is 0 Å². The summed E-state index contributed by atoms with van der Waals surface area (Å²) in [5.41, 5.74) is 2.33. The normalized spacial score (nSPS) is 15.1. The molecule has 5 heteroatoms. The minimum Gasteiger partial charge on any atom is -0.342 e. The van der Waals surface area contributed by atoms with E-state index in [1.807, 2.05) is 26.0 Å². The Labute approximate surface area is 118 Å². The first-order valence-electron chi connectivity index (χ1n) is 6.63. The van der Waals surface area contributed by atoms with Crippen molar-refractivity contribution in [2.75, 3.05) is 26.2 Å². The van der Waals surface area contributed by atoms with Gasteiger partial charge in [0.25, 0.3) is 11.7 Å². The topological polar surface area (TPSA) is 57.7 Å². The summed E-state index contributed by atoms with van der Waals surface area (Å²) in [6.45, 7) is 5.56. The van der Waals surface area contributed by atoms with E-state index >= 15 is 0 Å². The van der Waals surface area contributed by atoms with Crippen molar-refractivity contribution in [3.05, 3.63) is 34.9 Å². The number of piperazine rings is 1. The zero-order valence-corrected chi connectivity index (χ0v) is 11.8. The summed E-state index contributed by atoms with van der Waals surface area (Å²) in [5, 5.41) is 0. The van der Waals surface area contributed by atoms with E-state index in [2.05, 4.69) is 0 Å². The maximum atomic E-state index is 12.3. The van der Waals surface area contributed by atoms with Crippen molar-refractivity contribution < 1.29 is 14.4 Å². The number of carbonyl (C=O) groups is 3. The Balaban J connectivity index is 2.09. The van der Waals surface area contributed by atoms with E-state index in [9.17, 15) is 14.4 Å². The number of hydrogen-bond acceptors (Lipinski definition) is 3. The molecular weight excluding hydrogens is 256 g/mol. The van der Waals surface area contributed by atoms with E-state index < -0.39 is 11.7 Å². The molecule has 0 N–H and O–H groups in total. The lowest BCUT2D eigenvalue weighted by atomic mass is 10.0. The number of amides is 2. The van der Waals surface area contributed by atoms with Crippen molar-refractivity contribution in [1.29, 1.82) is 0 Å². The second-order valence-corrected chi connectivity index (χ2v) is 5.08. The van der Waals surface area contributed by atoms with Gasteiger partial charge in [0.2, 0.25) is 6.41 Å². The predicted molar refractivity (Wildman–Crippen MR) is 74.5 cm³/mol. The van der Waals surface area contributed by atoms with Crippen molar-refractivity contribution in [2.24, 2.45) is 0 Å². The lowest BCUT2D eigenvalue weighted by Crippen LogP contribution is -2.50. The Kier molecular flexibility index (Phi) is 4.17. The Hall–Kier alpha value is -2.17. The summed E-state index contributed by atoms with van der Waals surface area (Å²) in [7, 11) is 0. The van der Waals surface area contributed by atoms with Crippen LogP contribution < -0.4 is 0 Å². The molecule has 0 unspecified atom stereocenters. The fourth-order valence-corrected chi connectivity index (χ4v) is 2.36. The van der Waals surface area contributed by atoms with E-state index in [0.29, 0.717) is 31.7 Å². The summed E-state index contributed by atoms with van der Waals surface area (Å²) < 4.78 is 0. The number of carbonyl (C=O) groups excluding carboxylic acids is 3. The SMILES string of the molecule is Cc1ccc(C(=O)C(=O)N2CCN(C=O)CC2)c(C)c1. The Morgan fingerprint density at radius 2 is 1.75 bits per heavy atom. The molecule has 0 radical (unpaired) electrons. The van der Waals surface area contributed by atoms with Crippen molar-refractivity contribution in [3.63, 3.8) is 0 Å². The summed E-state index contributed by atoms with van der Waals surface area (Å²) in [6, 6.07) is 5.43. The van der Waals surface area contributed by atoms with E-state index in [1.165, 1.54) is 4.90 Å². The van der Waals surface area contributed by atoms with Crippen LogP contribution in [0, 0.1) is 13.8 Å². The molecule has 0 bridgehead atoms. The second-order valence-electron chi connectivity index (χ2n) is 5.08. The Morgan fingerprint density at radius 3 is 2.30 bits per heavy atom. The molecule has 1 fully saturated rings. The van der Waals surface area contributed by atoms with Crippen LogP contribution in [-0.2, 0) is 9.59 Å². The largest absolute Gasteiger partial charge is 0.342 e. The van der Waals surface area contributed by atoms with Gasteiger partial charge >= 0.3 is 0 Å². The highest BCUT2D eigenvalue weighted by Crippen LogP contribution is 2.13. The molecule has 1 saturated heterocycles. The number of rotatable bonds is 3. The first-order chi connectivity index (χ1) is 9.52. The van der Waals surface area contributed by atoms with Crippen LogP contribution in [0.1, 0.15) is 21.5 Å². The highest BCUT2D eigenvalue weighted by molar-refractivity contribution is 6.43. The average Bonchev–Trinajstić information content (AvgIpc) is 2.46. The van der Waals surface area contributed by atoms with Gasteiger partial charge in [-0.3, -0.25) is 14.4 Å². The molecule has 2 amide bonds. The molecule has 0 saturated carbocycles. The molecule has 20 heavy (non-hydrogen) atoms. The van der Waals surface area contributed by atoms with Crippen LogP contribution in [0.15, 0.2) is 18.2 Å². The molecule has 1 aromatic carbocycles. The zero-order chi connectivity index (χ0) is 14.7. The van der Waals surface area contributed by atoms with E-state index in [-0.39, 0.29) is 0 Å². The van der Waals surface area contributed by atoms with Crippen LogP contribution in [0.3, 0.4) is 0 Å². The molecular formula is C15H18N2O3. The number of benzene rings is 1. The predicted octanol–water partition coefficient (Wildman–Crippen LogP) is 0.787. The van der Waals surface area contributed by atoms with Gasteiger partial charge in [0.15, 0.2) is 0 Å². The highest BCUT2D eigenvalue weighted by atomic mass is 16.2. The minimum absolute atomic E-state index is 0.411. The molecule has 0 aromatic heterocycles. The van der Waals surface area contributed by atoms with Crippen LogP contribution in [0.2, 0.25) is 0 Å². The van der Waals surface area contributed by atoms with Gasteiger partial charge < -0.3 is 9.80 Å². The quantitative estimate of drug-likeness (QED) is 0.465. The number of aryl methyl sites for hydroxylation is 2. The standard InChI is InChI=1S/C15H18N2O3/c1-11-3-4-13(12(2)9-11)14(19)15(20)17-7-5-16(10-18)6-8-17/h3-4,9-10H,5-8H2,1-2H3. The first-order valence-corrected chi connectivity index (χ1v) is 6.63. The molecule has 2 rings (SSSR count). The minimum atomic E-state index is -0.484. The Bertz CT molecular complexity index is 546. The molecule has 1 aliphatic rings. The van der Waals surface area contributed by atoms with E-state index in [0.717, 1.165) is 17.5 Å². The van der Waals surface area contributed by atoms with Gasteiger partial charge in [-0.15, -0.1) is 0 Å². The van der Waals surface area contributed by atoms with E-state index in [4.69, 9.17) is 0 Å². The van der Waals surface area contributed by atoms with Gasteiger partial charge in [0.05, 0.1) is 0 Å². The number of hydrogen-bond donors (Lipinski definition) is 0. The van der Waals surface area contributed by atoms with Crippen molar-refractivity contribution >= 4 is 18.1 Å². The average molecular weight is 274 g/mol. The summed E-state index contributed by atoms with van der Waals surface area (Å²) in [6.07, 6.45) is 0.772. The lowest BCUT2D eigenvalue weighted by Gasteiger charge is -2.32. The lowest BCUT2D eigenvalue weighted by molar-refractivity contribution is -0.131. The number of ketones is 1. The van der Waals surface area contributed by atoms with Crippen LogP contribution >= 0.6 is 0 Å².